The van der Waals surface area contributed by atoms with Crippen molar-refractivity contribution in [2.24, 2.45) is 0 Å². The minimum atomic E-state index is -4.80. The lowest BCUT2D eigenvalue weighted by atomic mass is 10.2. The van der Waals surface area contributed by atoms with Crippen LogP contribution in [-0.4, -0.2) is 33.1 Å². The fourth-order valence-electron chi connectivity index (χ4n) is 1.31. The maximum atomic E-state index is 11.1. The molecular weight excluding hydrogens is 288 g/mol. The van der Waals surface area contributed by atoms with Crippen LogP contribution in [0.2, 0.25) is 0 Å². The Kier molecular flexibility index (Phi) is 3.98. The quantitative estimate of drug-likeness (QED) is 0.752. The summed E-state index contributed by atoms with van der Waals surface area (Å²) in [7, 11) is -8.46. The molecule has 2 N–H and O–H groups in total. The summed E-state index contributed by atoms with van der Waals surface area (Å²) in [5.41, 5.74) is -0.319. The highest BCUT2D eigenvalue weighted by Gasteiger charge is 2.24. The van der Waals surface area contributed by atoms with Crippen molar-refractivity contribution in [3.05, 3.63) is 17.7 Å². The van der Waals surface area contributed by atoms with Gasteiger partial charge in [0, 0.05) is 5.56 Å². The molecule has 0 aliphatic rings. The van der Waals surface area contributed by atoms with Crippen LogP contribution < -0.4 is 4.74 Å². The van der Waals surface area contributed by atoms with Crippen LogP contribution in [-0.2, 0) is 31.9 Å². The molecule has 0 saturated carbocycles. The van der Waals surface area contributed by atoms with E-state index in [1.54, 1.807) is 0 Å². The third kappa shape index (κ3) is 2.97. The Morgan fingerprint density at radius 3 is 2.00 bits per heavy atom. The van der Waals surface area contributed by atoms with Crippen molar-refractivity contribution in [1.82, 2.24) is 0 Å². The highest BCUT2D eigenvalue weighted by molar-refractivity contribution is 7.86. The first-order valence-electron chi connectivity index (χ1n) is 4.35. The normalized spacial score (nSPS) is 12.4. The summed E-state index contributed by atoms with van der Waals surface area (Å²) in [6, 6.07) is 1.28. The first-order chi connectivity index (χ1) is 8.11. The van der Waals surface area contributed by atoms with E-state index >= 15 is 0 Å². The lowest BCUT2D eigenvalue weighted by molar-refractivity contribution is 0.173. The minimum absolute atomic E-state index is 0.319. The Labute approximate surface area is 103 Å². The number of hydrogen-bond acceptors (Lipinski definition) is 5. The molecule has 1 aromatic rings. The smallest absolute Gasteiger partial charge is 0.298 e. The molecular formula is C8H9O8S2. The Morgan fingerprint density at radius 1 is 1.11 bits per heavy atom. The largest absolute Gasteiger partial charge is 0.495 e. The minimum Gasteiger partial charge on any atom is -0.495 e. The lowest BCUT2D eigenvalue weighted by Gasteiger charge is -2.11. The summed E-state index contributed by atoms with van der Waals surface area (Å²) in [6.45, 7) is -0.991. The highest BCUT2D eigenvalue weighted by Crippen LogP contribution is 2.31. The van der Waals surface area contributed by atoms with E-state index in [1.165, 1.54) is 0 Å². The van der Waals surface area contributed by atoms with Crippen LogP contribution in [0.5, 0.6) is 5.75 Å². The summed E-state index contributed by atoms with van der Waals surface area (Å²) in [6.07, 6.45) is 0. The Morgan fingerprint density at radius 2 is 1.67 bits per heavy atom. The summed E-state index contributed by atoms with van der Waals surface area (Å²) in [5, 5.41) is 10.8. The maximum Gasteiger partial charge on any atom is 0.298 e. The summed E-state index contributed by atoms with van der Waals surface area (Å²) in [5.74, 6) is -0.458. The van der Waals surface area contributed by atoms with Gasteiger partial charge < -0.3 is 4.74 Å². The van der Waals surface area contributed by atoms with E-state index < -0.39 is 42.4 Å². The van der Waals surface area contributed by atoms with Gasteiger partial charge in [0.05, 0.1) is 12.0 Å². The zero-order chi connectivity index (χ0) is 14.1. The van der Waals surface area contributed by atoms with Crippen molar-refractivity contribution >= 4 is 20.2 Å². The van der Waals surface area contributed by atoms with Gasteiger partial charge in [-0.15, -0.1) is 0 Å². The maximum absolute atomic E-state index is 11.1. The van der Waals surface area contributed by atoms with E-state index in [0.29, 0.717) is 6.07 Å². The van der Waals surface area contributed by atoms with E-state index in [2.05, 4.69) is 4.74 Å². The first-order valence-corrected chi connectivity index (χ1v) is 7.23. The van der Waals surface area contributed by atoms with E-state index in [9.17, 15) is 21.9 Å². The Balaban J connectivity index is 3.79. The monoisotopic (exact) mass is 297 g/mol. The summed E-state index contributed by atoms with van der Waals surface area (Å²) < 4.78 is 66.3. The van der Waals surface area contributed by atoms with Crippen molar-refractivity contribution in [3.8, 4) is 5.75 Å². The van der Waals surface area contributed by atoms with Gasteiger partial charge in [-0.3, -0.25) is 9.11 Å². The topological polar surface area (TPSA) is 138 Å². The van der Waals surface area contributed by atoms with Crippen LogP contribution in [0.1, 0.15) is 5.56 Å². The zero-order valence-electron chi connectivity index (χ0n) is 9.02. The predicted octanol–water partition coefficient (Wildman–Crippen LogP) is 0.119. The van der Waals surface area contributed by atoms with Gasteiger partial charge >= 0.3 is 0 Å². The van der Waals surface area contributed by atoms with Gasteiger partial charge in [0.25, 0.3) is 20.2 Å². The number of hydrogen-bond donors (Lipinski definition) is 2. The van der Waals surface area contributed by atoms with Crippen LogP contribution in [0.3, 0.4) is 0 Å². The average Bonchev–Trinajstić information content (AvgIpc) is 2.24. The van der Waals surface area contributed by atoms with Crippen molar-refractivity contribution in [3.63, 3.8) is 0 Å². The van der Waals surface area contributed by atoms with Crippen molar-refractivity contribution in [2.75, 3.05) is 7.11 Å². The van der Waals surface area contributed by atoms with E-state index in [4.69, 9.17) is 9.11 Å². The Bertz CT molecular complexity index is 659. The molecule has 18 heavy (non-hydrogen) atoms. The van der Waals surface area contributed by atoms with Crippen molar-refractivity contribution in [2.45, 2.75) is 16.4 Å². The van der Waals surface area contributed by atoms with Gasteiger partial charge in [0.1, 0.15) is 17.3 Å². The van der Waals surface area contributed by atoms with Crippen molar-refractivity contribution < 1.29 is 35.8 Å². The summed E-state index contributed by atoms with van der Waals surface area (Å²) in [4.78, 5) is -1.72. The third-order valence-electron chi connectivity index (χ3n) is 2.04. The molecule has 0 aliphatic carbocycles. The third-order valence-corrected chi connectivity index (χ3v) is 3.73. The molecule has 0 bridgehead atoms. The molecule has 0 saturated heterocycles. The van der Waals surface area contributed by atoms with E-state index in [-0.39, 0.29) is 5.56 Å². The first kappa shape index (κ1) is 14.9. The van der Waals surface area contributed by atoms with E-state index in [1.807, 2.05) is 0 Å². The van der Waals surface area contributed by atoms with Gasteiger partial charge in [0.15, 0.2) is 0 Å². The molecule has 1 aromatic carbocycles. The zero-order valence-corrected chi connectivity index (χ0v) is 10.7. The van der Waals surface area contributed by atoms with Crippen molar-refractivity contribution in [1.29, 1.82) is 0 Å². The SMILES string of the molecule is COc1c(C[O])cc(S(=O)(=O)O)cc1S(=O)(=O)O. The molecule has 0 spiro atoms. The fraction of sp³-hybridized carbons (Fsp3) is 0.250. The molecule has 0 fully saturated rings. The van der Waals surface area contributed by atoms with Crippen LogP contribution in [0.25, 0.3) is 0 Å². The molecule has 0 heterocycles. The van der Waals surface area contributed by atoms with Gasteiger partial charge in [-0.25, -0.2) is 5.11 Å². The van der Waals surface area contributed by atoms with Crippen LogP contribution in [0.4, 0.5) is 0 Å². The second kappa shape index (κ2) is 4.82. The summed E-state index contributed by atoms with van der Waals surface area (Å²) >= 11 is 0. The molecule has 101 valence electrons. The molecule has 1 rings (SSSR count). The molecule has 0 aliphatic heterocycles. The van der Waals surface area contributed by atoms with Gasteiger partial charge in [-0.05, 0) is 12.1 Å². The Hall–Kier alpha value is -1.20. The second-order valence-electron chi connectivity index (χ2n) is 3.21. The average molecular weight is 297 g/mol. The van der Waals surface area contributed by atoms with Gasteiger partial charge in [-0.2, -0.15) is 16.8 Å². The molecule has 0 amide bonds. The van der Waals surface area contributed by atoms with Crippen LogP contribution >= 0.6 is 0 Å². The number of benzene rings is 1. The molecule has 0 aromatic heterocycles. The molecule has 10 heteroatoms. The fourth-order valence-corrected chi connectivity index (χ4v) is 2.67. The molecule has 8 nitrogen and oxygen atoms in total. The number of rotatable bonds is 4. The predicted molar refractivity (Wildman–Crippen MR) is 57.0 cm³/mol. The lowest BCUT2D eigenvalue weighted by Crippen LogP contribution is -2.08. The van der Waals surface area contributed by atoms with Gasteiger partial charge in [0.2, 0.25) is 0 Å². The molecule has 0 atom stereocenters. The van der Waals surface area contributed by atoms with E-state index in [0.717, 1.165) is 13.2 Å². The van der Waals surface area contributed by atoms with Crippen LogP contribution in [0, 0.1) is 0 Å². The molecule has 1 radical (unpaired) electrons. The number of methoxy groups -OCH3 is 1. The molecule has 0 unspecified atom stereocenters. The standard InChI is InChI=1S/C8H9O8S2/c1-16-8-5(4-9)2-6(17(10,11)12)3-7(8)18(13,14)15/h2-3H,4H2,1H3,(H,10,11,12)(H,13,14,15). The second-order valence-corrected chi connectivity index (χ2v) is 6.02. The highest BCUT2D eigenvalue weighted by atomic mass is 32.2. The van der Waals surface area contributed by atoms with Gasteiger partial charge in [-0.1, -0.05) is 0 Å². The number of ether oxygens (including phenoxy) is 1. The van der Waals surface area contributed by atoms with Crippen LogP contribution in [0.15, 0.2) is 21.9 Å².